The van der Waals surface area contributed by atoms with Gasteiger partial charge in [0, 0.05) is 25.4 Å². The van der Waals surface area contributed by atoms with Crippen LogP contribution in [0.2, 0.25) is 0 Å². The second-order valence-electron chi connectivity index (χ2n) is 4.83. The van der Waals surface area contributed by atoms with Crippen molar-refractivity contribution in [2.45, 2.75) is 58.1 Å². The van der Waals surface area contributed by atoms with Gasteiger partial charge in [-0.1, -0.05) is 6.92 Å². The molecule has 1 fully saturated rings. The molecule has 90 valence electrons. The maximum Gasteiger partial charge on any atom is 0.108 e. The number of hydrogen-bond donors (Lipinski definition) is 1. The van der Waals surface area contributed by atoms with Gasteiger partial charge in [0.2, 0.25) is 0 Å². The van der Waals surface area contributed by atoms with Crippen LogP contribution in [-0.2, 0) is 13.0 Å². The summed E-state index contributed by atoms with van der Waals surface area (Å²) >= 11 is 0. The van der Waals surface area contributed by atoms with Crippen molar-refractivity contribution < 1.29 is 5.11 Å². The summed E-state index contributed by atoms with van der Waals surface area (Å²) < 4.78 is 2.23. The van der Waals surface area contributed by atoms with Gasteiger partial charge in [0.05, 0.1) is 6.10 Å². The number of hydrogen-bond acceptors (Lipinski definition) is 2. The van der Waals surface area contributed by atoms with Crippen molar-refractivity contribution in [3.8, 4) is 0 Å². The molecule has 0 aliphatic heterocycles. The standard InChI is InChI=1S/C13H22N2O/c1-2-9-15-10-8-14-13(15)5-3-4-12(16)11-6-7-11/h8,10-12,16H,2-7,9H2,1H3. The molecule has 1 unspecified atom stereocenters. The molecule has 1 heterocycles. The summed E-state index contributed by atoms with van der Waals surface area (Å²) in [5, 5.41) is 9.76. The van der Waals surface area contributed by atoms with E-state index in [4.69, 9.17) is 0 Å². The first kappa shape index (κ1) is 11.6. The summed E-state index contributed by atoms with van der Waals surface area (Å²) in [6.07, 6.45) is 10.5. The van der Waals surface area contributed by atoms with E-state index in [1.165, 1.54) is 18.7 Å². The van der Waals surface area contributed by atoms with Gasteiger partial charge in [-0.3, -0.25) is 0 Å². The molecule has 1 aliphatic rings. The highest BCUT2D eigenvalue weighted by atomic mass is 16.3. The summed E-state index contributed by atoms with van der Waals surface area (Å²) in [7, 11) is 0. The van der Waals surface area contributed by atoms with Crippen LogP contribution < -0.4 is 0 Å². The fourth-order valence-electron chi connectivity index (χ4n) is 2.20. The Morgan fingerprint density at radius 1 is 1.56 bits per heavy atom. The Balaban J connectivity index is 1.73. The lowest BCUT2D eigenvalue weighted by Crippen LogP contribution is -2.10. The van der Waals surface area contributed by atoms with Crippen molar-refractivity contribution in [3.05, 3.63) is 18.2 Å². The lowest BCUT2D eigenvalue weighted by atomic mass is 10.1. The normalized spacial score (nSPS) is 17.6. The third kappa shape index (κ3) is 3.08. The van der Waals surface area contributed by atoms with Gasteiger partial charge in [0.15, 0.2) is 0 Å². The minimum absolute atomic E-state index is 0.0606. The number of aliphatic hydroxyl groups excluding tert-OH is 1. The first-order valence-electron chi connectivity index (χ1n) is 6.49. The summed E-state index contributed by atoms with van der Waals surface area (Å²) in [4.78, 5) is 4.37. The van der Waals surface area contributed by atoms with Crippen LogP contribution in [0, 0.1) is 5.92 Å². The van der Waals surface area contributed by atoms with E-state index in [0.717, 1.165) is 32.2 Å². The van der Waals surface area contributed by atoms with E-state index in [0.29, 0.717) is 5.92 Å². The van der Waals surface area contributed by atoms with E-state index >= 15 is 0 Å². The SMILES string of the molecule is CCCn1ccnc1CCCC(O)C1CC1. The van der Waals surface area contributed by atoms with E-state index in [2.05, 4.69) is 22.7 Å². The summed E-state index contributed by atoms with van der Waals surface area (Å²) in [6, 6.07) is 0. The van der Waals surface area contributed by atoms with Crippen molar-refractivity contribution in [1.82, 2.24) is 9.55 Å². The van der Waals surface area contributed by atoms with E-state index < -0.39 is 0 Å². The Morgan fingerprint density at radius 2 is 2.38 bits per heavy atom. The second kappa shape index (κ2) is 5.48. The Labute approximate surface area is 97.5 Å². The highest BCUT2D eigenvalue weighted by Crippen LogP contribution is 2.34. The van der Waals surface area contributed by atoms with Crippen LogP contribution in [0.4, 0.5) is 0 Å². The highest BCUT2D eigenvalue weighted by Gasteiger charge is 2.28. The average molecular weight is 222 g/mol. The molecule has 2 rings (SSSR count). The van der Waals surface area contributed by atoms with Gasteiger partial charge in [0.25, 0.3) is 0 Å². The molecule has 0 saturated heterocycles. The Bertz CT molecular complexity index is 317. The van der Waals surface area contributed by atoms with Crippen molar-refractivity contribution in [2.75, 3.05) is 0 Å². The minimum Gasteiger partial charge on any atom is -0.393 e. The van der Waals surface area contributed by atoms with Crippen molar-refractivity contribution in [2.24, 2.45) is 5.92 Å². The van der Waals surface area contributed by atoms with Crippen molar-refractivity contribution in [1.29, 1.82) is 0 Å². The van der Waals surface area contributed by atoms with Gasteiger partial charge < -0.3 is 9.67 Å². The zero-order chi connectivity index (χ0) is 11.4. The zero-order valence-electron chi connectivity index (χ0n) is 10.1. The topological polar surface area (TPSA) is 38.0 Å². The fourth-order valence-corrected chi connectivity index (χ4v) is 2.20. The molecule has 3 heteroatoms. The van der Waals surface area contributed by atoms with E-state index in [-0.39, 0.29) is 6.10 Å². The van der Waals surface area contributed by atoms with Crippen LogP contribution in [0.25, 0.3) is 0 Å². The maximum absolute atomic E-state index is 9.76. The van der Waals surface area contributed by atoms with Gasteiger partial charge >= 0.3 is 0 Å². The van der Waals surface area contributed by atoms with Crippen LogP contribution in [0.15, 0.2) is 12.4 Å². The summed E-state index contributed by atoms with van der Waals surface area (Å²) in [6.45, 7) is 3.24. The van der Waals surface area contributed by atoms with E-state index in [9.17, 15) is 5.11 Å². The molecule has 0 bridgehead atoms. The van der Waals surface area contributed by atoms with Gasteiger partial charge in [-0.05, 0) is 38.0 Å². The van der Waals surface area contributed by atoms with E-state index in [1.54, 1.807) is 0 Å². The molecule has 1 saturated carbocycles. The predicted molar refractivity (Wildman–Crippen MR) is 64.2 cm³/mol. The molecule has 0 aromatic carbocycles. The van der Waals surface area contributed by atoms with Crippen LogP contribution in [0.5, 0.6) is 0 Å². The Kier molecular flexibility index (Phi) is 3.99. The third-order valence-corrected chi connectivity index (χ3v) is 3.33. The lowest BCUT2D eigenvalue weighted by Gasteiger charge is -2.09. The molecule has 1 aromatic heterocycles. The van der Waals surface area contributed by atoms with Crippen LogP contribution in [0.1, 0.15) is 44.9 Å². The number of imidazole rings is 1. The number of aromatic nitrogens is 2. The molecule has 1 N–H and O–H groups in total. The van der Waals surface area contributed by atoms with Gasteiger partial charge in [-0.15, -0.1) is 0 Å². The number of nitrogens with zero attached hydrogens (tertiary/aromatic N) is 2. The molecule has 1 aromatic rings. The lowest BCUT2D eigenvalue weighted by molar-refractivity contribution is 0.139. The summed E-state index contributed by atoms with van der Waals surface area (Å²) in [5.74, 6) is 1.78. The summed E-state index contributed by atoms with van der Waals surface area (Å²) in [5.41, 5.74) is 0. The second-order valence-corrected chi connectivity index (χ2v) is 4.83. The monoisotopic (exact) mass is 222 g/mol. The van der Waals surface area contributed by atoms with Crippen molar-refractivity contribution >= 4 is 0 Å². The Morgan fingerprint density at radius 3 is 3.06 bits per heavy atom. The minimum atomic E-state index is -0.0606. The molecule has 3 nitrogen and oxygen atoms in total. The predicted octanol–water partition coefficient (Wildman–Crippen LogP) is 2.39. The zero-order valence-corrected chi connectivity index (χ0v) is 10.1. The molecular weight excluding hydrogens is 200 g/mol. The maximum atomic E-state index is 9.76. The van der Waals surface area contributed by atoms with E-state index in [1.807, 2.05) is 6.20 Å². The Hall–Kier alpha value is -0.830. The van der Waals surface area contributed by atoms with Crippen LogP contribution in [-0.4, -0.2) is 20.8 Å². The smallest absolute Gasteiger partial charge is 0.108 e. The molecule has 0 spiro atoms. The van der Waals surface area contributed by atoms with Gasteiger partial charge in [-0.2, -0.15) is 0 Å². The first-order chi connectivity index (χ1) is 7.81. The number of rotatable bonds is 7. The molecule has 16 heavy (non-hydrogen) atoms. The fraction of sp³-hybridized carbons (Fsp3) is 0.769. The highest BCUT2D eigenvalue weighted by molar-refractivity contribution is 4.93. The van der Waals surface area contributed by atoms with Gasteiger partial charge in [0.1, 0.15) is 5.82 Å². The molecule has 1 atom stereocenters. The quantitative estimate of drug-likeness (QED) is 0.769. The first-order valence-corrected chi connectivity index (χ1v) is 6.49. The molecule has 1 aliphatic carbocycles. The molecular formula is C13H22N2O. The molecule has 0 radical (unpaired) electrons. The van der Waals surface area contributed by atoms with Gasteiger partial charge in [-0.25, -0.2) is 4.98 Å². The largest absolute Gasteiger partial charge is 0.393 e. The van der Waals surface area contributed by atoms with Crippen LogP contribution >= 0.6 is 0 Å². The third-order valence-electron chi connectivity index (χ3n) is 3.33. The number of aliphatic hydroxyl groups is 1. The van der Waals surface area contributed by atoms with Crippen LogP contribution in [0.3, 0.4) is 0 Å². The molecule has 0 amide bonds. The van der Waals surface area contributed by atoms with Crippen molar-refractivity contribution in [3.63, 3.8) is 0 Å². The average Bonchev–Trinajstić information content (AvgIpc) is 3.03. The number of aryl methyl sites for hydroxylation is 2.